The molecule has 1 fully saturated rings. The Morgan fingerprint density at radius 1 is 1.38 bits per heavy atom. The molecule has 2 aromatic rings. The van der Waals surface area contributed by atoms with Crippen molar-refractivity contribution in [1.82, 2.24) is 10.1 Å². The molecule has 26 heavy (non-hydrogen) atoms. The third kappa shape index (κ3) is 2.73. The van der Waals surface area contributed by atoms with E-state index in [1.165, 1.54) is 0 Å². The summed E-state index contributed by atoms with van der Waals surface area (Å²) in [5, 5.41) is 13.8. The van der Waals surface area contributed by atoms with E-state index in [1.807, 2.05) is 24.3 Å². The van der Waals surface area contributed by atoms with Crippen LogP contribution in [-0.2, 0) is 22.4 Å². The van der Waals surface area contributed by atoms with Crippen LogP contribution < -0.4 is 4.74 Å². The molecule has 4 rings (SSSR count). The van der Waals surface area contributed by atoms with Gasteiger partial charge in [0.05, 0.1) is 24.1 Å². The van der Waals surface area contributed by atoms with Crippen LogP contribution >= 0.6 is 0 Å². The first-order valence-electron chi connectivity index (χ1n) is 8.62. The number of aliphatic carboxylic acids is 1. The van der Waals surface area contributed by atoms with Crippen molar-refractivity contribution in [2.24, 2.45) is 11.3 Å². The van der Waals surface area contributed by atoms with Gasteiger partial charge in [-0.05, 0) is 25.0 Å². The number of amides is 1. The number of aryl methyl sites for hydroxylation is 1. The van der Waals surface area contributed by atoms with Crippen LogP contribution in [-0.4, -0.2) is 46.7 Å². The number of rotatable bonds is 3. The van der Waals surface area contributed by atoms with Crippen molar-refractivity contribution in [3.63, 3.8) is 0 Å². The minimum Gasteiger partial charge on any atom is -0.493 e. The number of fused-ring (bicyclic) bond motifs is 2. The van der Waals surface area contributed by atoms with Crippen LogP contribution in [0.5, 0.6) is 5.75 Å². The Morgan fingerprint density at radius 2 is 2.19 bits per heavy atom. The molecule has 2 aliphatic rings. The zero-order chi connectivity index (χ0) is 18.3. The van der Waals surface area contributed by atoms with Gasteiger partial charge in [-0.2, -0.15) is 0 Å². The number of aromatic nitrogens is 1. The summed E-state index contributed by atoms with van der Waals surface area (Å²) in [5.41, 5.74) is 0.559. The Balaban J connectivity index is 1.58. The molecule has 3 heterocycles. The summed E-state index contributed by atoms with van der Waals surface area (Å²) >= 11 is 0. The van der Waals surface area contributed by atoms with Gasteiger partial charge in [-0.3, -0.25) is 9.59 Å². The Bertz CT molecular complexity index is 861. The van der Waals surface area contributed by atoms with Crippen molar-refractivity contribution in [2.45, 2.75) is 19.8 Å². The summed E-state index contributed by atoms with van der Waals surface area (Å²) in [6.07, 6.45) is 0.440. The maximum Gasteiger partial charge on any atom is 0.312 e. The first-order chi connectivity index (χ1) is 12.5. The van der Waals surface area contributed by atoms with E-state index >= 15 is 0 Å². The van der Waals surface area contributed by atoms with Crippen molar-refractivity contribution in [2.75, 3.05) is 19.7 Å². The predicted molar refractivity (Wildman–Crippen MR) is 90.7 cm³/mol. The van der Waals surface area contributed by atoms with Crippen LogP contribution in [0.3, 0.4) is 0 Å². The van der Waals surface area contributed by atoms with Crippen molar-refractivity contribution >= 4 is 11.9 Å². The summed E-state index contributed by atoms with van der Waals surface area (Å²) < 4.78 is 11.0. The smallest absolute Gasteiger partial charge is 0.312 e. The first kappa shape index (κ1) is 16.6. The van der Waals surface area contributed by atoms with Crippen LogP contribution in [0.1, 0.15) is 17.0 Å². The van der Waals surface area contributed by atoms with E-state index in [2.05, 4.69) is 5.16 Å². The lowest BCUT2D eigenvalue weighted by Gasteiger charge is -2.27. The summed E-state index contributed by atoms with van der Waals surface area (Å²) in [6, 6.07) is 9.23. The van der Waals surface area contributed by atoms with Crippen LogP contribution in [0, 0.1) is 18.3 Å². The summed E-state index contributed by atoms with van der Waals surface area (Å²) in [7, 11) is 0. The third-order valence-corrected chi connectivity index (χ3v) is 5.39. The van der Waals surface area contributed by atoms with Gasteiger partial charge in [-0.1, -0.05) is 23.4 Å². The van der Waals surface area contributed by atoms with Crippen molar-refractivity contribution in [1.29, 1.82) is 0 Å². The molecule has 1 N–H and O–H groups in total. The number of carboxylic acids is 1. The molecule has 1 amide bonds. The zero-order valence-electron chi connectivity index (χ0n) is 14.5. The van der Waals surface area contributed by atoms with E-state index in [1.54, 1.807) is 17.9 Å². The number of para-hydroxylation sites is 1. The highest BCUT2D eigenvalue weighted by Gasteiger charge is 2.55. The number of hydrogen-bond acceptors (Lipinski definition) is 5. The number of benzene rings is 1. The number of hydrogen-bond donors (Lipinski definition) is 1. The SMILES string of the molecule is Cc1cc(CC(=O)N2C[C@H]3COc4ccccc4C[C@@]3(C(=O)O)C2)on1. The summed E-state index contributed by atoms with van der Waals surface area (Å²) in [5.74, 6) is -0.0624. The highest BCUT2D eigenvalue weighted by molar-refractivity contribution is 5.82. The average Bonchev–Trinajstić information content (AvgIpc) is 3.14. The lowest BCUT2D eigenvalue weighted by Crippen LogP contribution is -2.42. The quantitative estimate of drug-likeness (QED) is 0.900. The minimum absolute atomic E-state index is 0.0840. The third-order valence-electron chi connectivity index (χ3n) is 5.39. The maximum atomic E-state index is 12.7. The molecule has 1 saturated heterocycles. The molecular formula is C19H20N2O5. The average molecular weight is 356 g/mol. The van der Waals surface area contributed by atoms with E-state index in [4.69, 9.17) is 9.26 Å². The van der Waals surface area contributed by atoms with Gasteiger partial charge in [0.15, 0.2) is 0 Å². The van der Waals surface area contributed by atoms with E-state index in [0.717, 1.165) is 11.3 Å². The number of carboxylic acid groups (broad SMARTS) is 1. The summed E-state index contributed by atoms with van der Waals surface area (Å²) in [6.45, 7) is 2.62. The molecule has 0 spiro atoms. The Kier molecular flexibility index (Phi) is 3.94. The van der Waals surface area contributed by atoms with Gasteiger partial charge in [-0.25, -0.2) is 0 Å². The molecule has 1 aromatic carbocycles. The van der Waals surface area contributed by atoms with Gasteiger partial charge in [0.25, 0.3) is 0 Å². The van der Waals surface area contributed by atoms with Crippen molar-refractivity contribution in [3.05, 3.63) is 47.3 Å². The molecule has 0 unspecified atom stereocenters. The number of carbonyl (C=O) groups is 2. The van der Waals surface area contributed by atoms with E-state index in [0.29, 0.717) is 24.4 Å². The second kappa shape index (κ2) is 6.16. The second-order valence-corrected chi connectivity index (χ2v) is 7.14. The predicted octanol–water partition coefficient (Wildman–Crippen LogP) is 1.69. The Morgan fingerprint density at radius 3 is 2.92 bits per heavy atom. The molecule has 136 valence electrons. The molecule has 2 atom stereocenters. The molecule has 0 aliphatic carbocycles. The lowest BCUT2D eigenvalue weighted by molar-refractivity contribution is -0.151. The highest BCUT2D eigenvalue weighted by Crippen LogP contribution is 2.44. The van der Waals surface area contributed by atoms with Crippen LogP contribution in [0.4, 0.5) is 0 Å². The topological polar surface area (TPSA) is 92.9 Å². The second-order valence-electron chi connectivity index (χ2n) is 7.14. The van der Waals surface area contributed by atoms with Gasteiger partial charge in [0.2, 0.25) is 5.91 Å². The van der Waals surface area contributed by atoms with Gasteiger partial charge in [0, 0.05) is 25.1 Å². The fraction of sp³-hybridized carbons (Fsp3) is 0.421. The molecular weight excluding hydrogens is 336 g/mol. The van der Waals surface area contributed by atoms with Crippen molar-refractivity contribution in [3.8, 4) is 5.75 Å². The van der Waals surface area contributed by atoms with Crippen LogP contribution in [0.15, 0.2) is 34.9 Å². The van der Waals surface area contributed by atoms with Gasteiger partial charge in [-0.15, -0.1) is 0 Å². The molecule has 2 aliphatic heterocycles. The van der Waals surface area contributed by atoms with E-state index in [-0.39, 0.29) is 31.4 Å². The zero-order valence-corrected chi connectivity index (χ0v) is 14.5. The number of nitrogens with zero attached hydrogens (tertiary/aromatic N) is 2. The Hall–Kier alpha value is -2.83. The van der Waals surface area contributed by atoms with Crippen LogP contribution in [0.2, 0.25) is 0 Å². The van der Waals surface area contributed by atoms with Crippen molar-refractivity contribution < 1.29 is 24.0 Å². The fourth-order valence-electron chi connectivity index (χ4n) is 3.98. The van der Waals surface area contributed by atoms with Gasteiger partial charge in [0.1, 0.15) is 11.5 Å². The lowest BCUT2D eigenvalue weighted by atomic mass is 9.74. The number of likely N-dealkylation sites (tertiary alicyclic amines) is 1. The largest absolute Gasteiger partial charge is 0.493 e. The monoisotopic (exact) mass is 356 g/mol. The molecule has 0 radical (unpaired) electrons. The van der Waals surface area contributed by atoms with E-state index in [9.17, 15) is 14.7 Å². The fourth-order valence-corrected chi connectivity index (χ4v) is 3.98. The molecule has 0 saturated carbocycles. The standard InChI is InChI=1S/C19H20N2O5/c1-12-6-15(26-20-12)7-17(22)21-9-14-10-25-16-5-3-2-4-13(16)8-19(14,11-21)18(23)24/h2-6,14H,7-11H2,1H3,(H,23,24)/t14-,19+/m0/s1. The van der Waals surface area contributed by atoms with Gasteiger partial charge >= 0.3 is 5.97 Å². The Labute approximate surface area is 150 Å². The highest BCUT2D eigenvalue weighted by atomic mass is 16.5. The van der Waals surface area contributed by atoms with Gasteiger partial charge < -0.3 is 19.3 Å². The number of carbonyl (C=O) groups excluding carboxylic acids is 1. The first-order valence-corrected chi connectivity index (χ1v) is 8.62. The normalized spacial score (nSPS) is 24.3. The molecule has 7 nitrogen and oxygen atoms in total. The molecule has 7 heteroatoms. The van der Waals surface area contributed by atoms with E-state index < -0.39 is 11.4 Å². The summed E-state index contributed by atoms with van der Waals surface area (Å²) in [4.78, 5) is 26.5. The maximum absolute atomic E-state index is 12.7. The minimum atomic E-state index is -1.03. The van der Waals surface area contributed by atoms with Crippen LogP contribution in [0.25, 0.3) is 0 Å². The molecule has 0 bridgehead atoms. The molecule has 1 aromatic heterocycles. The number of ether oxygens (including phenoxy) is 1.